The van der Waals surface area contributed by atoms with E-state index in [1.165, 1.54) is 31.3 Å². The molecule has 25 heteroatoms. The van der Waals surface area contributed by atoms with E-state index in [9.17, 15) is 56.7 Å². The molecule has 0 aliphatic heterocycles. The summed E-state index contributed by atoms with van der Waals surface area (Å²) < 4.78 is 41.3. The van der Waals surface area contributed by atoms with E-state index in [1.54, 1.807) is 75.5 Å². The molecule has 4 rings (SSSR count). The Kier molecular flexibility index (Phi) is 24.1. The summed E-state index contributed by atoms with van der Waals surface area (Å²) in [4.78, 5) is 125. The van der Waals surface area contributed by atoms with Gasteiger partial charge >= 0.3 is 22.5 Å². The number of unbranched alkanes of at least 4 members (excludes halogenated alkanes) is 2. The van der Waals surface area contributed by atoms with E-state index in [1.807, 2.05) is 19.9 Å². The van der Waals surface area contributed by atoms with E-state index in [4.69, 9.17) is 9.29 Å². The average Bonchev–Trinajstić information content (AvgIpc) is 3.81. The highest BCUT2D eigenvalue weighted by molar-refractivity contribution is 7.81. The van der Waals surface area contributed by atoms with Crippen LogP contribution in [0.3, 0.4) is 0 Å². The quantitative estimate of drug-likeness (QED) is 0.0334. The van der Waals surface area contributed by atoms with Gasteiger partial charge in [0.25, 0.3) is 0 Å². The van der Waals surface area contributed by atoms with Crippen molar-refractivity contribution in [3.8, 4) is 5.75 Å². The summed E-state index contributed by atoms with van der Waals surface area (Å²) in [7, 11) is -3.45. The zero-order valence-electron chi connectivity index (χ0n) is 44.4. The smallest absolute Gasteiger partial charge is 0.446 e. The summed E-state index contributed by atoms with van der Waals surface area (Å²) in [5.74, 6) is -7.39. The number of carbonyl (C=O) groups is 9. The molecular weight excluding hydrogens is 1030 g/mol. The van der Waals surface area contributed by atoms with Crippen LogP contribution >= 0.6 is 0 Å². The fourth-order valence-electron chi connectivity index (χ4n) is 8.02. The van der Waals surface area contributed by atoms with Crippen LogP contribution in [-0.4, -0.2) is 132 Å². The van der Waals surface area contributed by atoms with Gasteiger partial charge in [0, 0.05) is 43.4 Å². The van der Waals surface area contributed by atoms with E-state index in [2.05, 4.69) is 51.7 Å². The normalized spacial score (nSPS) is 13.7. The molecule has 1 heterocycles. The molecule has 0 radical (unpaired) electrons. The van der Waals surface area contributed by atoms with Gasteiger partial charge in [-0.15, -0.1) is 0 Å². The van der Waals surface area contributed by atoms with E-state index >= 15 is 0 Å². The fourth-order valence-corrected chi connectivity index (χ4v) is 8.38. The van der Waals surface area contributed by atoms with Crippen LogP contribution < -0.4 is 46.7 Å². The number of carboxylic acid groups (broad SMARTS) is 1. The van der Waals surface area contributed by atoms with Crippen LogP contribution in [0.25, 0.3) is 10.9 Å². The summed E-state index contributed by atoms with van der Waals surface area (Å²) in [5, 5.41) is 31.0. The number of carboxylic acids is 1. The predicted molar refractivity (Wildman–Crippen MR) is 286 cm³/mol. The van der Waals surface area contributed by atoms with Gasteiger partial charge < -0.3 is 61.5 Å². The Morgan fingerprint density at radius 1 is 0.603 bits per heavy atom. The van der Waals surface area contributed by atoms with Gasteiger partial charge in [-0.2, -0.15) is 8.42 Å². The molecule has 0 bridgehead atoms. The first-order valence-electron chi connectivity index (χ1n) is 25.4. The number of para-hydroxylation sites is 1. The molecule has 0 saturated heterocycles. The lowest BCUT2D eigenvalue weighted by atomic mass is 10.0. The number of aliphatic carboxylic acids is 1. The Labute approximate surface area is 452 Å². The average molecular weight is 1110 g/mol. The largest absolute Gasteiger partial charge is 0.481 e. The van der Waals surface area contributed by atoms with Crippen molar-refractivity contribution < 1.29 is 70.1 Å². The molecule has 1 aromatic heterocycles. The third-order valence-electron chi connectivity index (χ3n) is 11.9. The summed E-state index contributed by atoms with van der Waals surface area (Å²) in [6.45, 7) is 7.84. The van der Waals surface area contributed by atoms with Crippen molar-refractivity contribution >= 4 is 74.7 Å². The van der Waals surface area contributed by atoms with Gasteiger partial charge in [0.05, 0.1) is 13.0 Å². The Morgan fingerprint density at radius 3 is 1.67 bits per heavy atom. The van der Waals surface area contributed by atoms with Gasteiger partial charge in [-0.1, -0.05) is 100 Å². The van der Waals surface area contributed by atoms with Crippen molar-refractivity contribution in [3.63, 3.8) is 0 Å². The number of rotatable bonds is 30. The molecule has 4 aromatic rings. The number of nitrogens with one attached hydrogen (secondary N) is 9. The lowest BCUT2D eigenvalue weighted by Crippen LogP contribution is -2.59. The van der Waals surface area contributed by atoms with E-state index in [-0.39, 0.29) is 37.9 Å². The van der Waals surface area contributed by atoms with Crippen LogP contribution in [-0.2, 0) is 72.8 Å². The summed E-state index contributed by atoms with van der Waals surface area (Å²) in [6.07, 6.45) is 1.69. The van der Waals surface area contributed by atoms with Crippen LogP contribution in [0.2, 0.25) is 0 Å². The standard InChI is InChI=1S/C53H71N9O15S/c1-7-9-19-38(58-49(69)41(62-52(72)76-53(3,4)5)27-33-22-24-35(25-23-33)77-78(73,74)75)47(67)56-31-44(63)57-42(28-34-30-55-37-21-15-14-18-36(34)37)50(70)59-39(20-10-8-2)48(68)61-43(29-45(64)65)51(71)60-40(46(66)54-6)26-32-16-12-11-13-17-32/h11-18,21-25,30,38-43,55H,7-10,19-20,26-29,31H2,1-6H3,(H,54,66)(H,56,67)(H,57,63)(H,58,69)(H,59,70)(H,60,71)(H,61,68)(H,62,72)(H,64,65)(H,73,74,75)/t38-,39-,40-,41-,42-,43-/m0/s1. The van der Waals surface area contributed by atoms with Crippen molar-refractivity contribution in [2.24, 2.45) is 0 Å². The zero-order valence-corrected chi connectivity index (χ0v) is 45.3. The first-order chi connectivity index (χ1) is 36.9. The molecule has 0 saturated carbocycles. The van der Waals surface area contributed by atoms with Crippen molar-refractivity contribution in [1.82, 2.24) is 47.5 Å². The molecule has 3 aromatic carbocycles. The number of likely N-dealkylation sites (N-methyl/N-ethyl adjacent to an activating group) is 1. The lowest BCUT2D eigenvalue weighted by molar-refractivity contribution is -0.141. The molecule has 6 atom stereocenters. The molecule has 0 spiro atoms. The molecule has 0 fully saturated rings. The number of amides is 8. The molecule has 24 nitrogen and oxygen atoms in total. The van der Waals surface area contributed by atoms with Crippen LogP contribution in [0, 0.1) is 0 Å². The highest BCUT2D eigenvalue weighted by atomic mass is 32.3. The Balaban J connectivity index is 1.54. The van der Waals surface area contributed by atoms with E-state index < -0.39 is 119 Å². The number of benzene rings is 3. The summed E-state index contributed by atoms with van der Waals surface area (Å²) >= 11 is 0. The summed E-state index contributed by atoms with van der Waals surface area (Å²) in [5.41, 5.74) is 1.47. The van der Waals surface area contributed by atoms with Crippen molar-refractivity contribution in [2.75, 3.05) is 13.6 Å². The second-order valence-electron chi connectivity index (χ2n) is 19.4. The Bertz CT molecular complexity index is 2820. The molecule has 11 N–H and O–H groups in total. The lowest BCUT2D eigenvalue weighted by Gasteiger charge is -2.26. The number of hydrogen-bond acceptors (Lipinski definition) is 13. The highest BCUT2D eigenvalue weighted by Crippen LogP contribution is 2.20. The third kappa shape index (κ3) is 21.5. The number of H-pyrrole nitrogens is 1. The minimum atomic E-state index is -4.82. The maximum Gasteiger partial charge on any atom is 0.446 e. The maximum absolute atomic E-state index is 14.4. The molecule has 424 valence electrons. The van der Waals surface area contributed by atoms with E-state index in [0.29, 0.717) is 42.4 Å². The molecular formula is C53H71N9O15S. The number of carbonyl (C=O) groups excluding carboxylic acids is 8. The minimum absolute atomic E-state index is 0.0332. The molecule has 78 heavy (non-hydrogen) atoms. The summed E-state index contributed by atoms with van der Waals surface area (Å²) in [6, 6.07) is 13.0. The first kappa shape index (κ1) is 62.5. The van der Waals surface area contributed by atoms with Crippen molar-refractivity contribution in [1.29, 1.82) is 0 Å². The minimum Gasteiger partial charge on any atom is -0.481 e. The second kappa shape index (κ2) is 30.0. The van der Waals surface area contributed by atoms with Gasteiger partial charge in [-0.25, -0.2) is 4.79 Å². The van der Waals surface area contributed by atoms with Gasteiger partial charge in [0.2, 0.25) is 41.4 Å². The van der Waals surface area contributed by atoms with Crippen LogP contribution in [0.4, 0.5) is 4.79 Å². The maximum atomic E-state index is 14.4. The fraction of sp³-hybridized carbons (Fsp3) is 0.453. The number of aromatic amines is 1. The third-order valence-corrected chi connectivity index (χ3v) is 12.3. The SMILES string of the molecule is CCCC[C@H](NC(=O)[C@H](Cc1ccc(OS(=O)(=O)O)cc1)NC(=O)OC(C)(C)C)C(=O)NCC(=O)N[C@@H](Cc1c[nH]c2ccccc12)C(=O)N[C@@H](CCCC)C(=O)N[C@@H](CC(=O)O)C(=O)N[C@@H](Cc1ccccc1)C(=O)NC. The van der Waals surface area contributed by atoms with Crippen LogP contribution in [0.5, 0.6) is 5.75 Å². The van der Waals surface area contributed by atoms with Crippen molar-refractivity contribution in [3.05, 3.63) is 102 Å². The first-order valence-corrected chi connectivity index (χ1v) is 26.8. The van der Waals surface area contributed by atoms with Gasteiger partial charge in [0.1, 0.15) is 47.6 Å². The van der Waals surface area contributed by atoms with Crippen molar-refractivity contribution in [2.45, 2.75) is 141 Å². The molecule has 8 amide bonds. The van der Waals surface area contributed by atoms with Crippen LogP contribution in [0.1, 0.15) is 96.3 Å². The van der Waals surface area contributed by atoms with Gasteiger partial charge in [-0.05, 0) is 68.5 Å². The highest BCUT2D eigenvalue weighted by Gasteiger charge is 2.34. The second-order valence-corrected chi connectivity index (χ2v) is 20.4. The number of aromatic nitrogens is 1. The monoisotopic (exact) mass is 1110 g/mol. The number of alkyl carbamates (subject to hydrolysis) is 1. The number of fused-ring (bicyclic) bond motifs is 1. The van der Waals surface area contributed by atoms with Gasteiger partial charge in [0.15, 0.2) is 0 Å². The molecule has 0 aliphatic rings. The zero-order chi connectivity index (χ0) is 57.6. The van der Waals surface area contributed by atoms with E-state index in [0.717, 1.165) is 10.9 Å². The van der Waals surface area contributed by atoms with Gasteiger partial charge in [-0.3, -0.25) is 42.9 Å². The number of hydrogen-bond donors (Lipinski definition) is 11. The topological polar surface area (TPSA) is 359 Å². The molecule has 0 aliphatic carbocycles. The van der Waals surface area contributed by atoms with Crippen LogP contribution in [0.15, 0.2) is 85.1 Å². The predicted octanol–water partition coefficient (Wildman–Crippen LogP) is 2.41. The Hall–Kier alpha value is -8.06. The Morgan fingerprint density at radius 2 is 1.10 bits per heavy atom. The molecule has 0 unspecified atom stereocenters. The number of ether oxygens (including phenoxy) is 1.